The maximum absolute atomic E-state index is 10.8. The highest BCUT2D eigenvalue weighted by Crippen LogP contribution is 2.15. The molecule has 4 nitrogen and oxygen atoms in total. The van der Waals surface area contributed by atoms with Gasteiger partial charge in [-0.25, -0.2) is 9.78 Å². The fraction of sp³-hybridized carbons (Fsp3) is 0.273. The van der Waals surface area contributed by atoms with E-state index in [2.05, 4.69) is 9.72 Å². The van der Waals surface area contributed by atoms with Gasteiger partial charge in [0.15, 0.2) is 0 Å². The van der Waals surface area contributed by atoms with E-state index < -0.39 is 0 Å². The number of aromatic nitrogens is 1. The van der Waals surface area contributed by atoms with Crippen LogP contribution in [0.15, 0.2) is 18.3 Å². The summed E-state index contributed by atoms with van der Waals surface area (Å²) in [5.41, 5.74) is 1.75. The Morgan fingerprint density at radius 3 is 2.73 bits per heavy atom. The smallest absolute Gasteiger partial charge is 0.330 e. The number of pyridine rings is 1. The minimum atomic E-state index is -0.386. The number of rotatable bonds is 3. The molecule has 15 heavy (non-hydrogen) atoms. The molecule has 0 aliphatic carbocycles. The van der Waals surface area contributed by atoms with Crippen molar-refractivity contribution in [3.63, 3.8) is 0 Å². The highest BCUT2D eigenvalue weighted by atomic mass is 16.5. The topological polar surface area (TPSA) is 48.4 Å². The summed E-state index contributed by atoms with van der Waals surface area (Å²) in [5.74, 6) is 0.202. The van der Waals surface area contributed by atoms with E-state index in [1.165, 1.54) is 13.2 Å². The molecule has 0 saturated heterocycles. The molecule has 1 heterocycles. The minimum Gasteiger partial charge on any atom is -0.481 e. The summed E-state index contributed by atoms with van der Waals surface area (Å²) in [6.07, 6.45) is 4.62. The predicted octanol–water partition coefficient (Wildman–Crippen LogP) is 1.58. The Morgan fingerprint density at radius 1 is 1.47 bits per heavy atom. The first-order chi connectivity index (χ1) is 7.17. The Kier molecular flexibility index (Phi) is 3.85. The zero-order valence-electron chi connectivity index (χ0n) is 8.98. The van der Waals surface area contributed by atoms with Gasteiger partial charge >= 0.3 is 5.97 Å². The molecule has 1 aromatic rings. The van der Waals surface area contributed by atoms with Gasteiger partial charge in [-0.05, 0) is 24.6 Å². The second kappa shape index (κ2) is 5.14. The molecule has 0 aromatic carbocycles. The molecule has 1 aromatic heterocycles. The summed E-state index contributed by atoms with van der Waals surface area (Å²) in [4.78, 5) is 14.9. The quantitative estimate of drug-likeness (QED) is 0.557. The van der Waals surface area contributed by atoms with Crippen LogP contribution in [0.25, 0.3) is 6.08 Å². The van der Waals surface area contributed by atoms with Crippen molar-refractivity contribution in [2.45, 2.75) is 6.92 Å². The van der Waals surface area contributed by atoms with E-state index in [1.807, 2.05) is 13.0 Å². The molecule has 0 amide bonds. The van der Waals surface area contributed by atoms with Gasteiger partial charge < -0.3 is 9.47 Å². The molecule has 0 radical (unpaired) electrons. The number of carbonyl (C=O) groups is 1. The normalized spacial score (nSPS) is 10.3. The lowest BCUT2D eigenvalue weighted by Crippen LogP contribution is -1.94. The van der Waals surface area contributed by atoms with E-state index in [0.717, 1.165) is 11.1 Å². The van der Waals surface area contributed by atoms with Crippen LogP contribution < -0.4 is 4.74 Å². The van der Waals surface area contributed by atoms with E-state index in [0.29, 0.717) is 5.88 Å². The first-order valence-corrected chi connectivity index (χ1v) is 4.44. The summed E-state index contributed by atoms with van der Waals surface area (Å²) in [6.45, 7) is 1.89. The standard InChI is InChI=1S/C11H13NO3/c1-8-6-9(4-5-10(13)14-2)7-12-11(8)15-3/h4-7H,1-3H3. The van der Waals surface area contributed by atoms with Crippen molar-refractivity contribution in [2.75, 3.05) is 14.2 Å². The number of aryl methyl sites for hydroxylation is 1. The van der Waals surface area contributed by atoms with E-state index in [9.17, 15) is 4.79 Å². The second-order valence-corrected chi connectivity index (χ2v) is 2.95. The summed E-state index contributed by atoms with van der Waals surface area (Å²) in [6, 6.07) is 1.88. The molecule has 0 spiro atoms. The van der Waals surface area contributed by atoms with Gasteiger partial charge in [0.1, 0.15) is 0 Å². The molecule has 0 bridgehead atoms. The summed E-state index contributed by atoms with van der Waals surface area (Å²) < 4.78 is 9.50. The number of carbonyl (C=O) groups excluding carboxylic acids is 1. The number of hydrogen-bond donors (Lipinski definition) is 0. The Balaban J connectivity index is 2.84. The maximum Gasteiger partial charge on any atom is 0.330 e. The first kappa shape index (κ1) is 11.2. The number of ether oxygens (including phenoxy) is 2. The minimum absolute atomic E-state index is 0.386. The lowest BCUT2D eigenvalue weighted by atomic mass is 10.2. The van der Waals surface area contributed by atoms with Crippen molar-refractivity contribution >= 4 is 12.0 Å². The summed E-state index contributed by atoms with van der Waals surface area (Å²) in [7, 11) is 2.91. The van der Waals surface area contributed by atoms with Gasteiger partial charge in [-0.3, -0.25) is 0 Å². The number of hydrogen-bond acceptors (Lipinski definition) is 4. The largest absolute Gasteiger partial charge is 0.481 e. The SMILES string of the molecule is COC(=O)C=Cc1cnc(OC)c(C)c1. The molecule has 0 aliphatic rings. The number of nitrogens with zero attached hydrogens (tertiary/aromatic N) is 1. The van der Waals surface area contributed by atoms with Crippen molar-refractivity contribution in [3.05, 3.63) is 29.5 Å². The van der Waals surface area contributed by atoms with Crippen LogP contribution in [0.5, 0.6) is 5.88 Å². The van der Waals surface area contributed by atoms with Crippen molar-refractivity contribution in [1.82, 2.24) is 4.98 Å². The molecular weight excluding hydrogens is 194 g/mol. The van der Waals surface area contributed by atoms with E-state index >= 15 is 0 Å². The average Bonchev–Trinajstić information content (AvgIpc) is 2.26. The van der Waals surface area contributed by atoms with Gasteiger partial charge in [0.2, 0.25) is 5.88 Å². The molecule has 0 fully saturated rings. The fourth-order valence-corrected chi connectivity index (χ4v) is 1.12. The molecule has 0 saturated carbocycles. The molecule has 0 N–H and O–H groups in total. The zero-order valence-corrected chi connectivity index (χ0v) is 8.98. The highest BCUT2D eigenvalue weighted by Gasteiger charge is 1.99. The van der Waals surface area contributed by atoms with Crippen LogP contribution >= 0.6 is 0 Å². The Morgan fingerprint density at radius 2 is 2.20 bits per heavy atom. The van der Waals surface area contributed by atoms with Crippen molar-refractivity contribution in [1.29, 1.82) is 0 Å². The Hall–Kier alpha value is -1.84. The monoisotopic (exact) mass is 207 g/mol. The average molecular weight is 207 g/mol. The molecule has 0 unspecified atom stereocenters. The van der Waals surface area contributed by atoms with Gasteiger partial charge in [-0.2, -0.15) is 0 Å². The van der Waals surface area contributed by atoms with Crippen molar-refractivity contribution in [3.8, 4) is 5.88 Å². The van der Waals surface area contributed by atoms with Gasteiger partial charge in [-0.1, -0.05) is 0 Å². The second-order valence-electron chi connectivity index (χ2n) is 2.95. The molecular formula is C11H13NO3. The third-order valence-corrected chi connectivity index (χ3v) is 1.86. The lowest BCUT2D eigenvalue weighted by molar-refractivity contribution is -0.134. The first-order valence-electron chi connectivity index (χ1n) is 4.44. The van der Waals surface area contributed by atoms with Crippen LogP contribution in [0.1, 0.15) is 11.1 Å². The van der Waals surface area contributed by atoms with Gasteiger partial charge in [0.25, 0.3) is 0 Å². The summed E-state index contributed by atoms with van der Waals surface area (Å²) in [5, 5.41) is 0. The van der Waals surface area contributed by atoms with E-state index in [1.54, 1.807) is 19.4 Å². The van der Waals surface area contributed by atoms with E-state index in [-0.39, 0.29) is 5.97 Å². The van der Waals surface area contributed by atoms with Gasteiger partial charge in [0, 0.05) is 17.8 Å². The lowest BCUT2D eigenvalue weighted by Gasteiger charge is -2.02. The van der Waals surface area contributed by atoms with Gasteiger partial charge in [0.05, 0.1) is 14.2 Å². The van der Waals surface area contributed by atoms with Crippen LogP contribution in [0.4, 0.5) is 0 Å². The van der Waals surface area contributed by atoms with Crippen LogP contribution in [0, 0.1) is 6.92 Å². The van der Waals surface area contributed by atoms with Crippen molar-refractivity contribution in [2.24, 2.45) is 0 Å². The summed E-state index contributed by atoms with van der Waals surface area (Å²) >= 11 is 0. The van der Waals surface area contributed by atoms with E-state index in [4.69, 9.17) is 4.74 Å². The number of methoxy groups -OCH3 is 2. The maximum atomic E-state index is 10.8. The number of esters is 1. The molecule has 80 valence electrons. The highest BCUT2D eigenvalue weighted by molar-refractivity contribution is 5.86. The Bertz CT molecular complexity index is 385. The van der Waals surface area contributed by atoms with Crippen LogP contribution in [0.2, 0.25) is 0 Å². The Labute approximate surface area is 88.5 Å². The van der Waals surface area contributed by atoms with Crippen LogP contribution in [-0.4, -0.2) is 25.2 Å². The zero-order chi connectivity index (χ0) is 11.3. The van der Waals surface area contributed by atoms with Crippen LogP contribution in [0.3, 0.4) is 0 Å². The van der Waals surface area contributed by atoms with Crippen molar-refractivity contribution < 1.29 is 14.3 Å². The third kappa shape index (κ3) is 3.09. The molecule has 1 rings (SSSR count). The van der Waals surface area contributed by atoms with Gasteiger partial charge in [-0.15, -0.1) is 0 Å². The predicted molar refractivity (Wildman–Crippen MR) is 56.6 cm³/mol. The molecule has 0 aliphatic heterocycles. The fourth-order valence-electron chi connectivity index (χ4n) is 1.12. The van der Waals surface area contributed by atoms with Crippen LogP contribution in [-0.2, 0) is 9.53 Å². The molecule has 4 heteroatoms. The molecule has 0 atom stereocenters. The third-order valence-electron chi connectivity index (χ3n) is 1.86.